The van der Waals surface area contributed by atoms with Gasteiger partial charge in [-0.3, -0.25) is 9.36 Å². The standard InChI is InChI=1S/C13H13NO.C3H8/c1-10-5-7-12(8-6-10)14-9-3-4-11(2)13(14)15;1-3-2/h3-9H,1-2H3;3H2,1-2H3. The Morgan fingerprint density at radius 3 is 2.11 bits per heavy atom. The molecule has 18 heavy (non-hydrogen) atoms. The molecule has 0 fully saturated rings. The molecule has 0 aliphatic carbocycles. The number of hydrogen-bond acceptors (Lipinski definition) is 1. The number of aryl methyl sites for hydroxylation is 2. The molecule has 0 radical (unpaired) electrons. The van der Waals surface area contributed by atoms with E-state index < -0.39 is 0 Å². The van der Waals surface area contributed by atoms with E-state index in [0.29, 0.717) is 0 Å². The summed E-state index contributed by atoms with van der Waals surface area (Å²) in [6.45, 7) is 8.11. The fourth-order valence-corrected chi connectivity index (χ4v) is 1.51. The highest BCUT2D eigenvalue weighted by molar-refractivity contribution is 5.35. The monoisotopic (exact) mass is 243 g/mol. The Labute approximate surface area is 109 Å². The summed E-state index contributed by atoms with van der Waals surface area (Å²) >= 11 is 0. The van der Waals surface area contributed by atoms with Crippen molar-refractivity contribution in [1.29, 1.82) is 0 Å². The predicted octanol–water partition coefficient (Wildman–Crippen LogP) is 3.87. The maximum Gasteiger partial charge on any atom is 0.257 e. The van der Waals surface area contributed by atoms with Crippen LogP contribution in [0.1, 0.15) is 31.4 Å². The van der Waals surface area contributed by atoms with Crippen LogP contribution in [0.25, 0.3) is 5.69 Å². The summed E-state index contributed by atoms with van der Waals surface area (Å²) in [4.78, 5) is 11.8. The third kappa shape index (κ3) is 3.59. The maximum absolute atomic E-state index is 11.8. The zero-order chi connectivity index (χ0) is 13.5. The van der Waals surface area contributed by atoms with E-state index in [0.717, 1.165) is 11.3 Å². The first-order chi connectivity index (χ1) is 8.60. The van der Waals surface area contributed by atoms with E-state index >= 15 is 0 Å². The molecule has 0 N–H and O–H groups in total. The van der Waals surface area contributed by atoms with E-state index in [2.05, 4.69) is 13.8 Å². The number of pyridine rings is 1. The SMILES string of the molecule is CCC.Cc1ccc(-n2cccc(C)c2=O)cc1. The van der Waals surface area contributed by atoms with Crippen LogP contribution in [-0.4, -0.2) is 4.57 Å². The minimum atomic E-state index is 0.0429. The molecule has 1 aromatic carbocycles. The van der Waals surface area contributed by atoms with Gasteiger partial charge in [0.25, 0.3) is 5.56 Å². The van der Waals surface area contributed by atoms with Gasteiger partial charge >= 0.3 is 0 Å². The average molecular weight is 243 g/mol. The Morgan fingerprint density at radius 1 is 1.00 bits per heavy atom. The van der Waals surface area contributed by atoms with Gasteiger partial charge in [0.1, 0.15) is 0 Å². The first kappa shape index (κ1) is 14.2. The van der Waals surface area contributed by atoms with E-state index in [1.807, 2.05) is 50.2 Å². The van der Waals surface area contributed by atoms with Gasteiger partial charge in [-0.05, 0) is 32.0 Å². The lowest BCUT2D eigenvalue weighted by molar-refractivity contribution is 0.969. The number of aromatic nitrogens is 1. The van der Waals surface area contributed by atoms with E-state index in [9.17, 15) is 4.79 Å². The number of rotatable bonds is 1. The minimum Gasteiger partial charge on any atom is -0.284 e. The van der Waals surface area contributed by atoms with Crippen molar-refractivity contribution in [3.8, 4) is 5.69 Å². The predicted molar refractivity (Wildman–Crippen MR) is 77.5 cm³/mol. The lowest BCUT2D eigenvalue weighted by Gasteiger charge is -2.06. The van der Waals surface area contributed by atoms with Crippen molar-refractivity contribution in [3.05, 3.63) is 64.1 Å². The second-order valence-electron chi connectivity index (χ2n) is 4.41. The molecule has 2 rings (SSSR count). The summed E-state index contributed by atoms with van der Waals surface area (Å²) in [5.74, 6) is 0. The van der Waals surface area contributed by atoms with Gasteiger partial charge in [0.15, 0.2) is 0 Å². The molecule has 2 nitrogen and oxygen atoms in total. The summed E-state index contributed by atoms with van der Waals surface area (Å²) in [6, 6.07) is 11.6. The van der Waals surface area contributed by atoms with Crippen LogP contribution in [0.5, 0.6) is 0 Å². The Kier molecular flexibility index (Phi) is 5.37. The van der Waals surface area contributed by atoms with Crippen molar-refractivity contribution in [2.75, 3.05) is 0 Å². The lowest BCUT2D eigenvalue weighted by Crippen LogP contribution is -2.19. The molecule has 2 aromatic rings. The molecule has 0 saturated carbocycles. The molecule has 0 aliphatic heterocycles. The quantitative estimate of drug-likeness (QED) is 0.745. The van der Waals surface area contributed by atoms with E-state index in [1.54, 1.807) is 10.8 Å². The first-order valence-electron chi connectivity index (χ1n) is 6.35. The van der Waals surface area contributed by atoms with Crippen LogP contribution in [0.2, 0.25) is 0 Å². The van der Waals surface area contributed by atoms with Gasteiger partial charge in [-0.2, -0.15) is 0 Å². The molecule has 0 amide bonds. The fraction of sp³-hybridized carbons (Fsp3) is 0.312. The summed E-state index contributed by atoms with van der Waals surface area (Å²) in [7, 11) is 0. The Hall–Kier alpha value is -1.83. The molecule has 0 unspecified atom stereocenters. The summed E-state index contributed by atoms with van der Waals surface area (Å²) in [5, 5.41) is 0. The van der Waals surface area contributed by atoms with Crippen LogP contribution in [0.15, 0.2) is 47.4 Å². The molecule has 0 bridgehead atoms. The second-order valence-corrected chi connectivity index (χ2v) is 4.41. The van der Waals surface area contributed by atoms with Gasteiger partial charge in [0, 0.05) is 17.4 Å². The minimum absolute atomic E-state index is 0.0429. The molecule has 96 valence electrons. The van der Waals surface area contributed by atoms with Crippen LogP contribution in [0, 0.1) is 13.8 Å². The van der Waals surface area contributed by atoms with Crippen LogP contribution < -0.4 is 5.56 Å². The fourth-order valence-electron chi connectivity index (χ4n) is 1.51. The van der Waals surface area contributed by atoms with Gasteiger partial charge in [0.2, 0.25) is 0 Å². The molecule has 2 heteroatoms. The van der Waals surface area contributed by atoms with Crippen molar-refractivity contribution < 1.29 is 0 Å². The number of benzene rings is 1. The Morgan fingerprint density at radius 2 is 1.56 bits per heavy atom. The average Bonchev–Trinajstić information content (AvgIpc) is 2.35. The van der Waals surface area contributed by atoms with Crippen molar-refractivity contribution in [1.82, 2.24) is 4.57 Å². The smallest absolute Gasteiger partial charge is 0.257 e. The second kappa shape index (κ2) is 6.80. The van der Waals surface area contributed by atoms with Crippen molar-refractivity contribution in [2.45, 2.75) is 34.1 Å². The number of hydrogen-bond donors (Lipinski definition) is 0. The summed E-state index contributed by atoms with van der Waals surface area (Å²) < 4.78 is 1.66. The molecule has 0 spiro atoms. The van der Waals surface area contributed by atoms with Crippen LogP contribution >= 0.6 is 0 Å². The molecule has 0 saturated heterocycles. The largest absolute Gasteiger partial charge is 0.284 e. The maximum atomic E-state index is 11.8. The molecule has 1 heterocycles. The highest BCUT2D eigenvalue weighted by atomic mass is 16.1. The lowest BCUT2D eigenvalue weighted by atomic mass is 10.2. The van der Waals surface area contributed by atoms with Gasteiger partial charge in [-0.25, -0.2) is 0 Å². The van der Waals surface area contributed by atoms with Crippen molar-refractivity contribution in [2.24, 2.45) is 0 Å². The molecule has 0 atom stereocenters. The Balaban J connectivity index is 0.000000492. The van der Waals surface area contributed by atoms with E-state index in [4.69, 9.17) is 0 Å². The Bertz CT molecular complexity index is 538. The van der Waals surface area contributed by atoms with E-state index in [-0.39, 0.29) is 5.56 Å². The zero-order valence-electron chi connectivity index (χ0n) is 11.6. The highest BCUT2D eigenvalue weighted by Gasteiger charge is 2.00. The molecular weight excluding hydrogens is 222 g/mol. The first-order valence-corrected chi connectivity index (χ1v) is 6.35. The summed E-state index contributed by atoms with van der Waals surface area (Å²) in [6.07, 6.45) is 3.04. The number of nitrogens with zero attached hydrogens (tertiary/aromatic N) is 1. The van der Waals surface area contributed by atoms with Crippen molar-refractivity contribution in [3.63, 3.8) is 0 Å². The van der Waals surface area contributed by atoms with E-state index in [1.165, 1.54) is 12.0 Å². The van der Waals surface area contributed by atoms with Crippen molar-refractivity contribution >= 4 is 0 Å². The topological polar surface area (TPSA) is 22.0 Å². The normalized spacial score (nSPS) is 9.56. The summed E-state index contributed by atoms with van der Waals surface area (Å²) in [5.41, 5.74) is 2.91. The van der Waals surface area contributed by atoms with Crippen LogP contribution in [0.3, 0.4) is 0 Å². The highest BCUT2D eigenvalue weighted by Crippen LogP contribution is 2.06. The van der Waals surface area contributed by atoms with Gasteiger partial charge < -0.3 is 0 Å². The third-order valence-corrected chi connectivity index (χ3v) is 2.45. The molecule has 1 aromatic heterocycles. The molecule has 0 aliphatic rings. The zero-order valence-corrected chi connectivity index (χ0v) is 11.6. The molecular formula is C16H21NO. The van der Waals surface area contributed by atoms with Gasteiger partial charge in [-0.15, -0.1) is 0 Å². The van der Waals surface area contributed by atoms with Gasteiger partial charge in [0.05, 0.1) is 0 Å². The third-order valence-electron chi connectivity index (χ3n) is 2.45. The van der Waals surface area contributed by atoms with Gasteiger partial charge in [-0.1, -0.05) is 44.0 Å². The van der Waals surface area contributed by atoms with Crippen LogP contribution in [-0.2, 0) is 0 Å². The van der Waals surface area contributed by atoms with Crippen LogP contribution in [0.4, 0.5) is 0 Å².